The molecule has 2 rings (SSSR count). The lowest BCUT2D eigenvalue weighted by molar-refractivity contribution is -0.147. The average molecular weight is 303 g/mol. The number of para-hydroxylation sites is 1. The third kappa shape index (κ3) is 4.31. The fraction of sp³-hybridized carbons (Fsp3) is 0.125. The van der Waals surface area contributed by atoms with Crippen molar-refractivity contribution in [3.63, 3.8) is 0 Å². The highest BCUT2D eigenvalue weighted by Crippen LogP contribution is 2.17. The molecule has 0 spiro atoms. The Balaban J connectivity index is 1.87. The van der Waals surface area contributed by atoms with Gasteiger partial charge in [-0.05, 0) is 29.8 Å². The van der Waals surface area contributed by atoms with Crippen LogP contribution in [0.2, 0.25) is 0 Å². The van der Waals surface area contributed by atoms with E-state index in [1.54, 1.807) is 18.2 Å². The van der Waals surface area contributed by atoms with Gasteiger partial charge in [0, 0.05) is 0 Å². The number of carbonyl (C=O) groups excluding carboxylic acids is 2. The number of primary amides is 1. The first kappa shape index (κ1) is 15.5. The van der Waals surface area contributed by atoms with Crippen molar-refractivity contribution in [1.29, 1.82) is 0 Å². The number of rotatable bonds is 6. The predicted molar refractivity (Wildman–Crippen MR) is 76.7 cm³/mol. The van der Waals surface area contributed by atoms with Crippen molar-refractivity contribution in [3.05, 3.63) is 65.5 Å². The highest BCUT2D eigenvalue weighted by Gasteiger charge is 2.11. The summed E-state index contributed by atoms with van der Waals surface area (Å²) >= 11 is 0. The van der Waals surface area contributed by atoms with E-state index in [4.69, 9.17) is 15.2 Å². The van der Waals surface area contributed by atoms with Crippen molar-refractivity contribution in [2.45, 2.75) is 6.61 Å². The molecule has 2 aromatic rings. The number of halogens is 1. The second-order valence-electron chi connectivity index (χ2n) is 4.44. The Morgan fingerprint density at radius 3 is 2.59 bits per heavy atom. The highest BCUT2D eigenvalue weighted by molar-refractivity contribution is 5.95. The maximum atomic E-state index is 13.0. The molecule has 0 bridgehead atoms. The Labute approximate surface area is 126 Å². The lowest BCUT2D eigenvalue weighted by Gasteiger charge is -2.09. The summed E-state index contributed by atoms with van der Waals surface area (Å²) < 4.78 is 23.2. The molecule has 0 aliphatic rings. The van der Waals surface area contributed by atoms with E-state index in [-0.39, 0.29) is 24.5 Å². The largest absolute Gasteiger partial charge is 0.481 e. The van der Waals surface area contributed by atoms with Crippen molar-refractivity contribution in [2.75, 3.05) is 6.61 Å². The molecule has 1 amide bonds. The van der Waals surface area contributed by atoms with Crippen LogP contribution in [0.15, 0.2) is 48.5 Å². The summed E-state index contributed by atoms with van der Waals surface area (Å²) in [6, 6.07) is 12.0. The van der Waals surface area contributed by atoms with E-state index >= 15 is 0 Å². The zero-order valence-electron chi connectivity index (χ0n) is 11.6. The maximum absolute atomic E-state index is 13.0. The molecule has 22 heavy (non-hydrogen) atoms. The third-order valence-corrected chi connectivity index (χ3v) is 2.79. The number of carbonyl (C=O) groups is 2. The first-order valence-corrected chi connectivity index (χ1v) is 6.48. The second-order valence-corrected chi connectivity index (χ2v) is 4.44. The van der Waals surface area contributed by atoms with Crippen LogP contribution in [-0.2, 0) is 16.1 Å². The number of hydrogen-bond acceptors (Lipinski definition) is 4. The highest BCUT2D eigenvalue weighted by atomic mass is 19.1. The first-order valence-electron chi connectivity index (χ1n) is 6.48. The molecule has 0 unspecified atom stereocenters. The molecule has 0 fully saturated rings. The normalized spacial score (nSPS) is 10.0. The van der Waals surface area contributed by atoms with Gasteiger partial charge in [-0.3, -0.25) is 4.79 Å². The van der Waals surface area contributed by atoms with Gasteiger partial charge in [0.15, 0.2) is 6.61 Å². The van der Waals surface area contributed by atoms with E-state index in [1.807, 2.05) is 0 Å². The molecule has 0 aromatic heterocycles. The smallest absolute Gasteiger partial charge is 0.344 e. The van der Waals surface area contributed by atoms with Gasteiger partial charge in [0.2, 0.25) is 0 Å². The van der Waals surface area contributed by atoms with Crippen molar-refractivity contribution < 1.29 is 23.5 Å². The number of amides is 1. The molecule has 0 aliphatic heterocycles. The molecule has 0 atom stereocenters. The Hall–Kier alpha value is -2.89. The van der Waals surface area contributed by atoms with Crippen LogP contribution in [0, 0.1) is 5.82 Å². The van der Waals surface area contributed by atoms with Gasteiger partial charge in [0.25, 0.3) is 5.91 Å². The summed E-state index contributed by atoms with van der Waals surface area (Å²) in [4.78, 5) is 22.8. The summed E-state index contributed by atoms with van der Waals surface area (Å²) in [6.45, 7) is -0.434. The molecule has 2 aromatic carbocycles. The van der Waals surface area contributed by atoms with Crippen LogP contribution in [0.25, 0.3) is 0 Å². The summed E-state index contributed by atoms with van der Waals surface area (Å²) in [6.07, 6.45) is 0. The molecular formula is C16H14FNO4. The Kier molecular flexibility index (Phi) is 5.08. The molecule has 0 heterocycles. The Morgan fingerprint density at radius 1 is 1.09 bits per heavy atom. The Bertz CT molecular complexity index is 687. The zero-order chi connectivity index (χ0) is 15.9. The minimum Gasteiger partial charge on any atom is -0.481 e. The van der Waals surface area contributed by atoms with Crippen LogP contribution in [0.4, 0.5) is 4.39 Å². The van der Waals surface area contributed by atoms with Gasteiger partial charge in [-0.2, -0.15) is 0 Å². The Morgan fingerprint density at radius 2 is 1.86 bits per heavy atom. The quantitative estimate of drug-likeness (QED) is 0.828. The van der Waals surface area contributed by atoms with Crippen molar-refractivity contribution in [3.8, 4) is 5.75 Å². The number of esters is 1. The lowest BCUT2D eigenvalue weighted by Crippen LogP contribution is -2.18. The molecule has 114 valence electrons. The van der Waals surface area contributed by atoms with Crippen LogP contribution in [0.3, 0.4) is 0 Å². The monoisotopic (exact) mass is 303 g/mol. The van der Waals surface area contributed by atoms with E-state index in [1.165, 1.54) is 30.3 Å². The molecule has 6 heteroatoms. The topological polar surface area (TPSA) is 78.6 Å². The van der Waals surface area contributed by atoms with Gasteiger partial charge in [-0.15, -0.1) is 0 Å². The fourth-order valence-electron chi connectivity index (χ4n) is 1.76. The summed E-state index contributed by atoms with van der Waals surface area (Å²) in [5, 5.41) is 0. The van der Waals surface area contributed by atoms with Gasteiger partial charge in [-0.25, -0.2) is 9.18 Å². The molecule has 2 N–H and O–H groups in total. The number of ether oxygens (including phenoxy) is 2. The first-order chi connectivity index (χ1) is 10.6. The third-order valence-electron chi connectivity index (χ3n) is 2.79. The average Bonchev–Trinajstić information content (AvgIpc) is 2.51. The van der Waals surface area contributed by atoms with E-state index in [9.17, 15) is 14.0 Å². The number of hydrogen-bond donors (Lipinski definition) is 1. The fourth-order valence-corrected chi connectivity index (χ4v) is 1.76. The van der Waals surface area contributed by atoms with Crippen LogP contribution < -0.4 is 10.5 Å². The standard InChI is InChI=1S/C16H14FNO4/c17-12-5-3-4-11(8-12)9-22-15(19)10-21-14-7-2-1-6-13(14)16(18)20/h1-8H,9-10H2,(H2,18,20). The van der Waals surface area contributed by atoms with Crippen molar-refractivity contribution in [2.24, 2.45) is 5.73 Å². The van der Waals surface area contributed by atoms with Gasteiger partial charge in [-0.1, -0.05) is 24.3 Å². The summed E-state index contributed by atoms with van der Waals surface area (Å²) in [7, 11) is 0. The zero-order valence-corrected chi connectivity index (χ0v) is 11.6. The van der Waals surface area contributed by atoms with Crippen LogP contribution in [0.5, 0.6) is 5.75 Å². The van der Waals surface area contributed by atoms with E-state index in [2.05, 4.69) is 0 Å². The van der Waals surface area contributed by atoms with Gasteiger partial charge < -0.3 is 15.2 Å². The second kappa shape index (κ2) is 7.21. The number of nitrogens with two attached hydrogens (primary N) is 1. The minimum absolute atomic E-state index is 0.0581. The van der Waals surface area contributed by atoms with Gasteiger partial charge >= 0.3 is 5.97 Å². The van der Waals surface area contributed by atoms with E-state index in [0.29, 0.717) is 5.56 Å². The molecule has 5 nitrogen and oxygen atoms in total. The lowest BCUT2D eigenvalue weighted by atomic mass is 10.2. The molecule has 0 saturated heterocycles. The maximum Gasteiger partial charge on any atom is 0.344 e. The SMILES string of the molecule is NC(=O)c1ccccc1OCC(=O)OCc1cccc(F)c1. The summed E-state index contributed by atoms with van der Waals surface area (Å²) in [5.74, 6) is -1.48. The van der Waals surface area contributed by atoms with E-state index in [0.717, 1.165) is 0 Å². The molecule has 0 radical (unpaired) electrons. The van der Waals surface area contributed by atoms with Crippen molar-refractivity contribution in [1.82, 2.24) is 0 Å². The number of benzene rings is 2. The molecular weight excluding hydrogens is 289 g/mol. The van der Waals surface area contributed by atoms with E-state index < -0.39 is 17.7 Å². The van der Waals surface area contributed by atoms with Crippen LogP contribution >= 0.6 is 0 Å². The van der Waals surface area contributed by atoms with Gasteiger partial charge in [0.1, 0.15) is 18.2 Å². The van der Waals surface area contributed by atoms with Gasteiger partial charge in [0.05, 0.1) is 5.56 Å². The van der Waals surface area contributed by atoms with Crippen LogP contribution in [0.1, 0.15) is 15.9 Å². The van der Waals surface area contributed by atoms with Crippen LogP contribution in [-0.4, -0.2) is 18.5 Å². The summed E-state index contributed by atoms with van der Waals surface area (Å²) in [5.41, 5.74) is 5.91. The molecule has 0 aliphatic carbocycles. The predicted octanol–water partition coefficient (Wildman–Crippen LogP) is 2.05. The van der Waals surface area contributed by atoms with Crippen molar-refractivity contribution >= 4 is 11.9 Å². The minimum atomic E-state index is -0.649. The molecule has 0 saturated carbocycles.